The van der Waals surface area contributed by atoms with Gasteiger partial charge < -0.3 is 5.32 Å². The van der Waals surface area contributed by atoms with E-state index in [2.05, 4.69) is 5.32 Å². The summed E-state index contributed by atoms with van der Waals surface area (Å²) in [7, 11) is -3.94. The van der Waals surface area contributed by atoms with Crippen LogP contribution in [0.3, 0.4) is 0 Å². The second kappa shape index (κ2) is 11.3. The number of thioether (sulfide) groups is 1. The van der Waals surface area contributed by atoms with Gasteiger partial charge in [-0.2, -0.15) is 13.2 Å². The number of fused-ring (bicyclic) bond motifs is 2. The van der Waals surface area contributed by atoms with E-state index in [1.54, 1.807) is 30.3 Å². The van der Waals surface area contributed by atoms with Gasteiger partial charge in [-0.3, -0.25) is 23.7 Å². The Labute approximate surface area is 261 Å². The Morgan fingerprint density at radius 1 is 0.933 bits per heavy atom. The number of alkyl halides is 3. The number of aromatic nitrogens is 1. The van der Waals surface area contributed by atoms with Crippen LogP contribution in [0.25, 0.3) is 0 Å². The number of nitrogens with two attached hydrogens (primary N) is 1. The summed E-state index contributed by atoms with van der Waals surface area (Å²) in [6.45, 7) is -0.465. The van der Waals surface area contributed by atoms with Crippen molar-refractivity contribution in [2.24, 2.45) is 11.1 Å². The van der Waals surface area contributed by atoms with Crippen LogP contribution in [-0.4, -0.2) is 36.0 Å². The lowest BCUT2D eigenvalue weighted by Gasteiger charge is -2.30. The highest BCUT2D eigenvalue weighted by Gasteiger charge is 2.57. The Hall–Kier alpha value is -4.25. The lowest BCUT2D eigenvalue weighted by Crippen LogP contribution is -2.33. The van der Waals surface area contributed by atoms with Crippen LogP contribution in [0, 0.1) is 5.92 Å². The van der Waals surface area contributed by atoms with Gasteiger partial charge in [0.2, 0.25) is 27.7 Å². The fourth-order valence-corrected chi connectivity index (χ4v) is 8.71. The number of nitrogens with zero attached hydrogens (tertiary/aromatic N) is 2. The van der Waals surface area contributed by atoms with Crippen molar-refractivity contribution in [3.8, 4) is 0 Å². The monoisotopic (exact) mass is 674 g/mol. The predicted octanol–water partition coefficient (Wildman–Crippen LogP) is 4.01. The summed E-state index contributed by atoms with van der Waals surface area (Å²) >= 11 is 1.75. The minimum Gasteiger partial charge on any atom is -0.325 e. The number of primary sulfonamides is 1. The van der Waals surface area contributed by atoms with Gasteiger partial charge in [-0.05, 0) is 48.0 Å². The first-order valence-corrected chi connectivity index (χ1v) is 16.4. The maximum atomic E-state index is 13.9. The number of carbonyl (C=O) groups is 3. The molecular weight excluding hydrogens is 654 g/mol. The lowest BCUT2D eigenvalue weighted by molar-refractivity contribution is -0.137. The number of sulfonamides is 1. The van der Waals surface area contributed by atoms with Crippen LogP contribution in [0.4, 0.5) is 24.5 Å². The van der Waals surface area contributed by atoms with Crippen molar-refractivity contribution < 1.29 is 36.0 Å². The number of halogens is 3. The van der Waals surface area contributed by atoms with E-state index in [0.717, 1.165) is 46.2 Å². The van der Waals surface area contributed by atoms with E-state index in [4.69, 9.17) is 5.14 Å². The highest BCUT2D eigenvalue weighted by molar-refractivity contribution is 8.00. The smallest absolute Gasteiger partial charge is 0.325 e. The number of hydrogen-bond acceptors (Lipinski definition) is 8. The van der Waals surface area contributed by atoms with Crippen LogP contribution in [0.2, 0.25) is 0 Å². The molecule has 232 valence electrons. The first-order valence-electron chi connectivity index (χ1n) is 13.2. The molecule has 1 fully saturated rings. The number of rotatable bonds is 6. The van der Waals surface area contributed by atoms with Crippen molar-refractivity contribution >= 4 is 62.2 Å². The Morgan fingerprint density at radius 2 is 1.62 bits per heavy atom. The van der Waals surface area contributed by atoms with Crippen LogP contribution >= 0.6 is 23.1 Å². The van der Waals surface area contributed by atoms with E-state index in [1.165, 1.54) is 34.9 Å². The molecule has 4 aromatic rings. The molecule has 10 nitrogen and oxygen atoms in total. The van der Waals surface area contributed by atoms with Gasteiger partial charge in [0.05, 0.1) is 27.1 Å². The van der Waals surface area contributed by atoms with Gasteiger partial charge in [0, 0.05) is 16.5 Å². The Morgan fingerprint density at radius 3 is 2.27 bits per heavy atom. The van der Waals surface area contributed by atoms with E-state index in [1.807, 2.05) is 0 Å². The number of benzene rings is 3. The first kappa shape index (κ1) is 30.8. The third-order valence-electron chi connectivity index (χ3n) is 7.41. The third-order valence-corrected chi connectivity index (χ3v) is 10.9. The molecule has 6 rings (SSSR count). The van der Waals surface area contributed by atoms with Crippen molar-refractivity contribution in [3.05, 3.63) is 105 Å². The molecule has 0 unspecified atom stereocenters. The fourth-order valence-electron chi connectivity index (χ4n) is 5.42. The molecule has 0 radical (unpaired) electrons. The van der Waals surface area contributed by atoms with E-state index >= 15 is 0 Å². The molecule has 0 aliphatic carbocycles. The topological polar surface area (TPSA) is 149 Å². The summed E-state index contributed by atoms with van der Waals surface area (Å²) in [6, 6.07) is 17.7. The van der Waals surface area contributed by atoms with E-state index in [0.29, 0.717) is 15.5 Å². The summed E-state index contributed by atoms with van der Waals surface area (Å²) in [4.78, 5) is 54.5. The zero-order valence-electron chi connectivity index (χ0n) is 22.7. The molecule has 3 N–H and O–H groups in total. The fraction of sp³-hybridized carbons (Fsp3) is 0.172. The average Bonchev–Trinajstić information content (AvgIpc) is 3.43. The molecule has 2 aliphatic rings. The molecule has 0 saturated carbocycles. The van der Waals surface area contributed by atoms with Crippen LogP contribution in [0.5, 0.6) is 0 Å². The number of thiazole rings is 1. The molecule has 0 spiro atoms. The maximum Gasteiger partial charge on any atom is 0.416 e. The summed E-state index contributed by atoms with van der Waals surface area (Å²) in [5.74, 6) is -3.86. The minimum absolute atomic E-state index is 0.156. The maximum absolute atomic E-state index is 13.9. The molecule has 1 saturated heterocycles. The zero-order valence-corrected chi connectivity index (χ0v) is 25.2. The molecule has 1 aromatic heterocycles. The van der Waals surface area contributed by atoms with Crippen LogP contribution in [-0.2, 0) is 37.1 Å². The summed E-state index contributed by atoms with van der Waals surface area (Å²) in [6.07, 6.45) is -4.69. The second-order valence-corrected chi connectivity index (χ2v) is 13.9. The van der Waals surface area contributed by atoms with E-state index < -0.39 is 68.0 Å². The number of hydrogen-bond donors (Lipinski definition) is 2. The van der Waals surface area contributed by atoms with Gasteiger partial charge in [-0.1, -0.05) is 59.5 Å². The molecule has 45 heavy (non-hydrogen) atoms. The van der Waals surface area contributed by atoms with Gasteiger partial charge in [0.15, 0.2) is 0 Å². The number of amides is 3. The first-order chi connectivity index (χ1) is 21.2. The molecule has 0 bridgehead atoms. The zero-order chi connectivity index (χ0) is 32.3. The van der Waals surface area contributed by atoms with Crippen molar-refractivity contribution in [1.29, 1.82) is 0 Å². The Balaban J connectivity index is 1.36. The molecule has 2 aliphatic heterocycles. The van der Waals surface area contributed by atoms with Gasteiger partial charge in [0.25, 0.3) is 0 Å². The van der Waals surface area contributed by atoms with Crippen molar-refractivity contribution in [2.75, 3.05) is 10.2 Å². The normalized spacial score (nSPS) is 19.7. The van der Waals surface area contributed by atoms with Gasteiger partial charge in [-0.15, -0.1) is 0 Å². The molecule has 3 aromatic carbocycles. The predicted molar refractivity (Wildman–Crippen MR) is 160 cm³/mol. The van der Waals surface area contributed by atoms with E-state index in [-0.39, 0.29) is 16.3 Å². The standard InChI is InChI=1S/C29H21F3N4O6S3/c30-29(31,32)16-7-4-8-18(13-16)36-25(38)22-21(15-5-2-1-3-6-15)24-27(43-23(22)26(36)39)35(28(40)44-24)14-20(37)34-17-9-11-19(12-10-17)45(33,41)42/h1-13,21-23H,14H2,(H,34,37)(H2,33,41,42)/t21-,22+,23-/m0/s1. The Kier molecular flexibility index (Phi) is 7.71. The molecular formula is C29H21F3N4O6S3. The molecule has 3 heterocycles. The van der Waals surface area contributed by atoms with Gasteiger partial charge in [0.1, 0.15) is 11.8 Å². The van der Waals surface area contributed by atoms with Crippen LogP contribution < -0.4 is 20.2 Å². The molecule has 3 atom stereocenters. The second-order valence-electron chi connectivity index (χ2n) is 10.3. The van der Waals surface area contributed by atoms with Crippen LogP contribution in [0.1, 0.15) is 21.9 Å². The summed E-state index contributed by atoms with van der Waals surface area (Å²) in [5.41, 5.74) is -0.363. The summed E-state index contributed by atoms with van der Waals surface area (Å²) < 4.78 is 64.6. The Bertz CT molecular complexity index is 2010. The highest BCUT2D eigenvalue weighted by Crippen LogP contribution is 2.54. The minimum atomic E-state index is -4.69. The SMILES string of the molecule is NS(=O)(=O)c1ccc(NC(=O)Cn2c3c(sc2=O)[C@@H](c2ccccc2)[C@H]2C(=O)N(c4cccc(C(F)(F)F)c4)C(=O)[C@H]2S3)cc1. The third kappa shape index (κ3) is 5.69. The number of imide groups is 1. The number of nitrogens with one attached hydrogen (secondary N) is 1. The van der Waals surface area contributed by atoms with Gasteiger partial charge >= 0.3 is 11.0 Å². The lowest BCUT2D eigenvalue weighted by atomic mass is 9.83. The number of anilines is 2. The van der Waals surface area contributed by atoms with E-state index in [9.17, 15) is 40.8 Å². The molecule has 16 heteroatoms. The van der Waals surface area contributed by atoms with Gasteiger partial charge in [-0.25, -0.2) is 18.5 Å². The summed E-state index contributed by atoms with van der Waals surface area (Å²) in [5, 5.41) is 6.90. The van der Waals surface area contributed by atoms with Crippen molar-refractivity contribution in [1.82, 2.24) is 4.57 Å². The largest absolute Gasteiger partial charge is 0.416 e. The van der Waals surface area contributed by atoms with Crippen LogP contribution in [0.15, 0.2) is 93.6 Å². The highest BCUT2D eigenvalue weighted by atomic mass is 32.2. The average molecular weight is 675 g/mol. The quantitative estimate of drug-likeness (QED) is 0.294. The van der Waals surface area contributed by atoms with Crippen molar-refractivity contribution in [2.45, 2.75) is 33.8 Å². The van der Waals surface area contributed by atoms with Crippen molar-refractivity contribution in [3.63, 3.8) is 0 Å². The number of carbonyl (C=O) groups excluding carboxylic acids is 3. The molecule has 3 amide bonds.